The number of halogens is 1. The minimum absolute atomic E-state index is 0.0284. The van der Waals surface area contributed by atoms with Crippen LogP contribution in [0.1, 0.15) is 32.3 Å². The van der Waals surface area contributed by atoms with Crippen molar-refractivity contribution in [2.75, 3.05) is 5.32 Å². The number of hydrogen-bond donors (Lipinski definition) is 3. The Morgan fingerprint density at radius 3 is 2.79 bits per heavy atom. The smallest absolute Gasteiger partial charge is 0.224 e. The number of amidine groups is 1. The van der Waals surface area contributed by atoms with E-state index in [4.69, 9.17) is 22.5 Å². The van der Waals surface area contributed by atoms with Gasteiger partial charge in [-0.25, -0.2) is 0 Å². The minimum Gasteiger partial charge on any atom is -0.409 e. The van der Waals surface area contributed by atoms with Gasteiger partial charge in [0.05, 0.1) is 10.7 Å². The minimum atomic E-state index is -0.0761. The molecule has 19 heavy (non-hydrogen) atoms. The van der Waals surface area contributed by atoms with E-state index in [-0.39, 0.29) is 11.7 Å². The number of carbonyl (C=O) groups is 1. The highest BCUT2D eigenvalue weighted by Gasteiger charge is 2.10. The summed E-state index contributed by atoms with van der Waals surface area (Å²) in [5, 5.41) is 14.6. The fourth-order valence-corrected chi connectivity index (χ4v) is 1.72. The Morgan fingerprint density at radius 1 is 1.58 bits per heavy atom. The molecule has 0 aliphatic rings. The second kappa shape index (κ2) is 6.99. The van der Waals surface area contributed by atoms with Gasteiger partial charge in [-0.3, -0.25) is 4.79 Å². The van der Waals surface area contributed by atoms with Gasteiger partial charge in [-0.15, -0.1) is 0 Å². The van der Waals surface area contributed by atoms with Gasteiger partial charge in [-0.2, -0.15) is 0 Å². The van der Waals surface area contributed by atoms with Gasteiger partial charge in [0.15, 0.2) is 5.84 Å². The Hall–Kier alpha value is -1.75. The second-order valence-electron chi connectivity index (χ2n) is 4.45. The molecule has 0 aliphatic carbocycles. The molecule has 0 fully saturated rings. The van der Waals surface area contributed by atoms with Crippen molar-refractivity contribution in [1.82, 2.24) is 0 Å². The topological polar surface area (TPSA) is 87.7 Å². The van der Waals surface area contributed by atoms with E-state index in [9.17, 15) is 4.79 Å². The lowest BCUT2D eigenvalue weighted by molar-refractivity contribution is -0.117. The summed E-state index contributed by atoms with van der Waals surface area (Å²) < 4.78 is 0. The molecule has 0 radical (unpaired) electrons. The summed E-state index contributed by atoms with van der Waals surface area (Å²) in [6.45, 7) is 4.05. The SMILES string of the molecule is CCC(C)CC(=O)Nc1ccc(/C(N)=N/O)cc1Cl. The monoisotopic (exact) mass is 283 g/mol. The normalized spacial score (nSPS) is 13.1. The summed E-state index contributed by atoms with van der Waals surface area (Å²) in [6, 6.07) is 4.79. The molecule has 1 rings (SSSR count). The van der Waals surface area contributed by atoms with E-state index < -0.39 is 0 Å². The summed E-state index contributed by atoms with van der Waals surface area (Å²) >= 11 is 6.04. The number of rotatable bonds is 5. The van der Waals surface area contributed by atoms with Crippen molar-refractivity contribution in [3.8, 4) is 0 Å². The number of nitrogens with two attached hydrogens (primary N) is 1. The zero-order valence-electron chi connectivity index (χ0n) is 11.0. The van der Waals surface area contributed by atoms with Gasteiger partial charge in [-0.05, 0) is 24.1 Å². The summed E-state index contributed by atoms with van der Waals surface area (Å²) in [7, 11) is 0. The molecule has 6 heteroatoms. The van der Waals surface area contributed by atoms with E-state index in [1.54, 1.807) is 12.1 Å². The highest BCUT2D eigenvalue weighted by Crippen LogP contribution is 2.23. The lowest BCUT2D eigenvalue weighted by Gasteiger charge is -2.11. The van der Waals surface area contributed by atoms with Crippen LogP contribution in [-0.4, -0.2) is 17.0 Å². The van der Waals surface area contributed by atoms with E-state index in [1.807, 2.05) is 13.8 Å². The van der Waals surface area contributed by atoms with Crippen LogP contribution in [0.5, 0.6) is 0 Å². The third kappa shape index (κ3) is 4.44. The van der Waals surface area contributed by atoms with E-state index in [0.29, 0.717) is 28.6 Å². The molecule has 1 unspecified atom stereocenters. The Labute approximate surface area is 117 Å². The van der Waals surface area contributed by atoms with E-state index in [0.717, 1.165) is 6.42 Å². The number of amides is 1. The van der Waals surface area contributed by atoms with Gasteiger partial charge < -0.3 is 16.3 Å². The average Bonchev–Trinajstić information content (AvgIpc) is 2.39. The number of carbonyl (C=O) groups excluding carboxylic acids is 1. The fourth-order valence-electron chi connectivity index (χ4n) is 1.50. The Balaban J connectivity index is 2.78. The highest BCUT2D eigenvalue weighted by molar-refractivity contribution is 6.34. The number of oxime groups is 1. The zero-order valence-corrected chi connectivity index (χ0v) is 11.7. The number of benzene rings is 1. The predicted octanol–water partition coefficient (Wildman–Crippen LogP) is 2.81. The second-order valence-corrected chi connectivity index (χ2v) is 4.85. The summed E-state index contributed by atoms with van der Waals surface area (Å²) in [5.74, 6) is 0.224. The maximum atomic E-state index is 11.8. The van der Waals surface area contributed by atoms with Crippen LogP contribution in [0.3, 0.4) is 0 Å². The number of anilines is 1. The lowest BCUT2D eigenvalue weighted by atomic mass is 10.0. The van der Waals surface area contributed by atoms with Crippen LogP contribution in [0.2, 0.25) is 5.02 Å². The highest BCUT2D eigenvalue weighted by atomic mass is 35.5. The van der Waals surface area contributed by atoms with Gasteiger partial charge in [-0.1, -0.05) is 37.0 Å². The molecule has 0 aromatic heterocycles. The summed E-state index contributed by atoms with van der Waals surface area (Å²) in [5.41, 5.74) is 6.46. The Morgan fingerprint density at radius 2 is 2.26 bits per heavy atom. The van der Waals surface area contributed by atoms with Crippen molar-refractivity contribution >= 4 is 29.0 Å². The third-order valence-corrected chi connectivity index (χ3v) is 3.19. The van der Waals surface area contributed by atoms with Gasteiger partial charge in [0, 0.05) is 12.0 Å². The van der Waals surface area contributed by atoms with Gasteiger partial charge in [0.2, 0.25) is 5.91 Å². The summed E-state index contributed by atoms with van der Waals surface area (Å²) in [4.78, 5) is 11.8. The van der Waals surface area contributed by atoms with Crippen LogP contribution in [0.25, 0.3) is 0 Å². The first-order chi connectivity index (χ1) is 8.97. The van der Waals surface area contributed by atoms with Crippen LogP contribution in [0.4, 0.5) is 5.69 Å². The maximum Gasteiger partial charge on any atom is 0.224 e. The Bertz CT molecular complexity index is 489. The average molecular weight is 284 g/mol. The fraction of sp³-hybridized carbons (Fsp3) is 0.385. The molecule has 0 saturated carbocycles. The number of nitrogens with one attached hydrogen (secondary N) is 1. The lowest BCUT2D eigenvalue weighted by Crippen LogP contribution is -2.16. The molecule has 0 aliphatic heterocycles. The molecular weight excluding hydrogens is 266 g/mol. The van der Waals surface area contributed by atoms with E-state index in [2.05, 4.69) is 10.5 Å². The zero-order chi connectivity index (χ0) is 14.4. The first kappa shape index (κ1) is 15.3. The molecule has 5 nitrogen and oxygen atoms in total. The van der Waals surface area contributed by atoms with Crippen LogP contribution in [0, 0.1) is 5.92 Å². The number of hydrogen-bond acceptors (Lipinski definition) is 3. The maximum absolute atomic E-state index is 11.8. The molecule has 0 bridgehead atoms. The van der Waals surface area contributed by atoms with Crippen LogP contribution < -0.4 is 11.1 Å². The first-order valence-corrected chi connectivity index (χ1v) is 6.43. The quantitative estimate of drug-likeness (QED) is 0.336. The van der Waals surface area contributed by atoms with Crippen molar-refractivity contribution in [3.05, 3.63) is 28.8 Å². The van der Waals surface area contributed by atoms with Crippen molar-refractivity contribution in [2.45, 2.75) is 26.7 Å². The molecule has 1 aromatic rings. The molecule has 1 atom stereocenters. The standard InChI is InChI=1S/C13H18ClN3O2/c1-3-8(2)6-12(18)16-11-5-4-9(7-10(11)14)13(15)17-19/h4-5,7-8,19H,3,6H2,1-2H3,(H2,15,17)(H,16,18). The largest absolute Gasteiger partial charge is 0.409 e. The summed E-state index contributed by atoms with van der Waals surface area (Å²) in [6.07, 6.45) is 1.40. The van der Waals surface area contributed by atoms with E-state index in [1.165, 1.54) is 6.07 Å². The van der Waals surface area contributed by atoms with Crippen LogP contribution >= 0.6 is 11.6 Å². The van der Waals surface area contributed by atoms with Gasteiger partial charge >= 0.3 is 0 Å². The molecular formula is C13H18ClN3O2. The predicted molar refractivity (Wildman–Crippen MR) is 76.7 cm³/mol. The van der Waals surface area contributed by atoms with Gasteiger partial charge in [0.25, 0.3) is 0 Å². The molecule has 1 amide bonds. The third-order valence-electron chi connectivity index (χ3n) is 2.88. The van der Waals surface area contributed by atoms with E-state index >= 15 is 0 Å². The molecule has 104 valence electrons. The van der Waals surface area contributed by atoms with Crippen molar-refractivity contribution in [3.63, 3.8) is 0 Å². The van der Waals surface area contributed by atoms with Crippen molar-refractivity contribution in [2.24, 2.45) is 16.8 Å². The number of nitrogens with zero attached hydrogens (tertiary/aromatic N) is 1. The van der Waals surface area contributed by atoms with Crippen molar-refractivity contribution < 1.29 is 10.0 Å². The Kier molecular flexibility index (Phi) is 5.63. The molecule has 4 N–H and O–H groups in total. The van der Waals surface area contributed by atoms with Crippen molar-refractivity contribution in [1.29, 1.82) is 0 Å². The van der Waals surface area contributed by atoms with Crippen LogP contribution in [-0.2, 0) is 4.79 Å². The van der Waals surface area contributed by atoms with Crippen LogP contribution in [0.15, 0.2) is 23.4 Å². The molecule has 1 aromatic carbocycles. The van der Waals surface area contributed by atoms with Gasteiger partial charge in [0.1, 0.15) is 0 Å². The molecule has 0 saturated heterocycles. The first-order valence-electron chi connectivity index (χ1n) is 6.05. The molecule has 0 spiro atoms. The molecule has 0 heterocycles.